The first-order valence-electron chi connectivity index (χ1n) is 3.35. The summed E-state index contributed by atoms with van der Waals surface area (Å²) in [5, 5.41) is 8.32. The lowest BCUT2D eigenvalue weighted by molar-refractivity contribution is 0.141. The molecule has 4 nitrogen and oxygen atoms in total. The van der Waals surface area contributed by atoms with Crippen LogP contribution in [0.15, 0.2) is 11.0 Å². The van der Waals surface area contributed by atoms with Crippen molar-refractivity contribution in [1.82, 2.24) is 4.98 Å². The van der Waals surface area contributed by atoms with Crippen LogP contribution in [-0.2, 0) is 9.05 Å². The van der Waals surface area contributed by atoms with Crippen LogP contribution >= 0.6 is 22.3 Å². The van der Waals surface area contributed by atoms with E-state index in [4.69, 9.17) is 27.4 Å². The van der Waals surface area contributed by atoms with E-state index in [2.05, 4.69) is 4.98 Å². The predicted molar refractivity (Wildman–Crippen MR) is 48.9 cm³/mol. The highest BCUT2D eigenvalue weighted by molar-refractivity contribution is 8.13. The fraction of sp³-hybridized carbons (Fsp3) is 0.167. The summed E-state index contributed by atoms with van der Waals surface area (Å²) in [7, 11) is 0.691. The molecule has 1 rings (SSSR count). The Morgan fingerprint density at radius 3 is 2.40 bits per heavy atom. The molecule has 0 saturated heterocycles. The van der Waals surface area contributed by atoms with Gasteiger partial charge in [-0.3, -0.25) is 0 Å². The monoisotopic (exact) mass is 277 g/mol. The molecule has 1 aromatic rings. The van der Waals surface area contributed by atoms with Crippen molar-refractivity contribution in [2.24, 2.45) is 0 Å². The van der Waals surface area contributed by atoms with Gasteiger partial charge in [0.25, 0.3) is 15.5 Å². The van der Waals surface area contributed by atoms with Gasteiger partial charge in [-0.05, 0) is 0 Å². The van der Waals surface area contributed by atoms with Crippen LogP contribution in [0, 0.1) is 0 Å². The van der Waals surface area contributed by atoms with Gasteiger partial charge in [0.05, 0.1) is 0 Å². The molecule has 0 unspecified atom stereocenters. The molecule has 0 aliphatic heterocycles. The summed E-state index contributed by atoms with van der Waals surface area (Å²) in [5.74, 6) is -0.978. The number of aromatic hydroxyl groups is 1. The van der Waals surface area contributed by atoms with E-state index in [0.717, 1.165) is 0 Å². The van der Waals surface area contributed by atoms with Gasteiger partial charge in [0.1, 0.15) is 21.5 Å². The lowest BCUT2D eigenvalue weighted by atomic mass is 10.3. The van der Waals surface area contributed by atoms with E-state index in [9.17, 15) is 17.2 Å². The second-order valence-corrected chi connectivity index (χ2v) is 5.31. The van der Waals surface area contributed by atoms with Crippen molar-refractivity contribution in [3.63, 3.8) is 0 Å². The molecule has 0 bridgehead atoms. The third-order valence-electron chi connectivity index (χ3n) is 1.42. The fourth-order valence-corrected chi connectivity index (χ4v) is 2.23. The number of nitrogens with zero attached hydrogens (tertiary/aromatic N) is 1. The van der Waals surface area contributed by atoms with Crippen molar-refractivity contribution < 1.29 is 22.3 Å². The quantitative estimate of drug-likeness (QED) is 0.665. The minimum absolute atomic E-state index is 0.527. The Labute approximate surface area is 92.9 Å². The summed E-state index contributed by atoms with van der Waals surface area (Å²) in [5.41, 5.74) is -0.996. The SMILES string of the molecule is O=S(=O)(Cl)c1cc(O)c(C(F)F)nc1Cl. The third kappa shape index (κ3) is 2.67. The largest absolute Gasteiger partial charge is 0.506 e. The van der Waals surface area contributed by atoms with E-state index >= 15 is 0 Å². The molecule has 0 aromatic carbocycles. The highest BCUT2D eigenvalue weighted by atomic mass is 35.7. The van der Waals surface area contributed by atoms with Crippen LogP contribution in [0.4, 0.5) is 8.78 Å². The molecule has 0 aliphatic carbocycles. The zero-order chi connectivity index (χ0) is 11.8. The molecule has 0 spiro atoms. The van der Waals surface area contributed by atoms with Crippen molar-refractivity contribution in [1.29, 1.82) is 0 Å². The van der Waals surface area contributed by atoms with Crippen LogP contribution in [0.25, 0.3) is 0 Å². The van der Waals surface area contributed by atoms with E-state index in [0.29, 0.717) is 6.07 Å². The van der Waals surface area contributed by atoms with Crippen molar-refractivity contribution in [2.45, 2.75) is 11.3 Å². The first-order valence-corrected chi connectivity index (χ1v) is 6.04. The molecule has 1 aromatic heterocycles. The van der Waals surface area contributed by atoms with Gasteiger partial charge in [-0.2, -0.15) is 0 Å². The fourth-order valence-electron chi connectivity index (χ4n) is 0.807. The Kier molecular flexibility index (Phi) is 3.37. The van der Waals surface area contributed by atoms with Gasteiger partial charge in [0, 0.05) is 16.7 Å². The Morgan fingerprint density at radius 2 is 2.00 bits per heavy atom. The second-order valence-electron chi connectivity index (χ2n) is 2.42. The van der Waals surface area contributed by atoms with Crippen molar-refractivity contribution >= 4 is 31.3 Å². The Balaban J connectivity index is 3.46. The summed E-state index contributed by atoms with van der Waals surface area (Å²) in [6.45, 7) is 0. The normalized spacial score (nSPS) is 12.1. The lowest BCUT2D eigenvalue weighted by Crippen LogP contribution is -1.98. The van der Waals surface area contributed by atoms with Crippen LogP contribution in [0.1, 0.15) is 12.1 Å². The Hall–Kier alpha value is -0.660. The van der Waals surface area contributed by atoms with Gasteiger partial charge in [-0.15, -0.1) is 0 Å². The Bertz CT molecular complexity index is 491. The summed E-state index contributed by atoms with van der Waals surface area (Å²) in [6, 6.07) is 0.527. The molecule has 0 atom stereocenters. The second kappa shape index (κ2) is 4.07. The molecule has 1 N–H and O–H groups in total. The van der Waals surface area contributed by atoms with Crippen LogP contribution in [-0.4, -0.2) is 18.5 Å². The predicted octanol–water partition coefficient (Wildman–Crippen LogP) is 2.31. The number of aromatic nitrogens is 1. The maximum Gasteiger partial charge on any atom is 0.284 e. The zero-order valence-electron chi connectivity index (χ0n) is 6.79. The van der Waals surface area contributed by atoms with Gasteiger partial charge in [-0.25, -0.2) is 22.2 Å². The van der Waals surface area contributed by atoms with E-state index in [-0.39, 0.29) is 0 Å². The smallest absolute Gasteiger partial charge is 0.284 e. The van der Waals surface area contributed by atoms with Gasteiger partial charge in [0.2, 0.25) is 0 Å². The minimum Gasteiger partial charge on any atom is -0.506 e. The standard InChI is InChI=1S/C6H3Cl2F2NO3S/c7-5-3(15(8,13)14)1-2(12)4(11-5)6(9)10/h1,6,12H. The Morgan fingerprint density at radius 1 is 1.47 bits per heavy atom. The first kappa shape index (κ1) is 12.4. The third-order valence-corrected chi connectivity index (χ3v) is 3.16. The highest BCUT2D eigenvalue weighted by Gasteiger charge is 2.23. The lowest BCUT2D eigenvalue weighted by Gasteiger charge is -2.05. The van der Waals surface area contributed by atoms with E-state index in [1.807, 2.05) is 0 Å². The van der Waals surface area contributed by atoms with Crippen LogP contribution in [0.5, 0.6) is 5.75 Å². The number of hydrogen-bond donors (Lipinski definition) is 1. The van der Waals surface area contributed by atoms with Crippen LogP contribution < -0.4 is 0 Å². The molecule has 0 saturated carbocycles. The summed E-state index contributed by atoms with van der Waals surface area (Å²) in [6.07, 6.45) is -3.06. The maximum absolute atomic E-state index is 12.2. The average Bonchev–Trinajstić information content (AvgIpc) is 2.06. The van der Waals surface area contributed by atoms with Crippen LogP contribution in [0.3, 0.4) is 0 Å². The summed E-state index contributed by atoms with van der Waals surface area (Å²) >= 11 is 5.31. The van der Waals surface area contributed by atoms with E-state index in [1.54, 1.807) is 0 Å². The molecule has 0 aliphatic rings. The van der Waals surface area contributed by atoms with Crippen molar-refractivity contribution in [2.75, 3.05) is 0 Å². The molecule has 84 valence electrons. The van der Waals surface area contributed by atoms with Gasteiger partial charge in [0.15, 0.2) is 0 Å². The van der Waals surface area contributed by atoms with Gasteiger partial charge < -0.3 is 5.11 Å². The topological polar surface area (TPSA) is 67.3 Å². The molecular formula is C6H3Cl2F2NO3S. The van der Waals surface area contributed by atoms with Crippen molar-refractivity contribution in [3.8, 4) is 5.75 Å². The number of halogens is 4. The molecule has 9 heteroatoms. The number of rotatable bonds is 2. The summed E-state index contributed by atoms with van der Waals surface area (Å²) < 4.78 is 46.0. The number of hydrogen-bond acceptors (Lipinski definition) is 4. The van der Waals surface area contributed by atoms with Crippen molar-refractivity contribution in [3.05, 3.63) is 16.9 Å². The molecule has 15 heavy (non-hydrogen) atoms. The molecule has 0 radical (unpaired) electrons. The van der Waals surface area contributed by atoms with E-state index in [1.165, 1.54) is 0 Å². The van der Waals surface area contributed by atoms with Gasteiger partial charge >= 0.3 is 0 Å². The summed E-state index contributed by atoms with van der Waals surface area (Å²) in [4.78, 5) is 2.33. The average molecular weight is 278 g/mol. The number of alkyl halides is 2. The number of pyridine rings is 1. The van der Waals surface area contributed by atoms with E-state index < -0.39 is 37.0 Å². The molecule has 1 heterocycles. The van der Waals surface area contributed by atoms with Gasteiger partial charge in [-0.1, -0.05) is 11.6 Å². The zero-order valence-corrected chi connectivity index (χ0v) is 9.11. The maximum atomic E-state index is 12.2. The first-order chi connectivity index (χ1) is 6.73. The van der Waals surface area contributed by atoms with Crippen LogP contribution in [0.2, 0.25) is 5.15 Å². The molecule has 0 fully saturated rings. The molecular weight excluding hydrogens is 275 g/mol. The highest BCUT2D eigenvalue weighted by Crippen LogP contribution is 2.33. The molecule has 0 amide bonds. The minimum atomic E-state index is -4.23.